The summed E-state index contributed by atoms with van der Waals surface area (Å²) in [5.74, 6) is 0.527. The van der Waals surface area contributed by atoms with Gasteiger partial charge in [-0.3, -0.25) is 9.89 Å². The van der Waals surface area contributed by atoms with Gasteiger partial charge in [0.15, 0.2) is 5.96 Å². The van der Waals surface area contributed by atoms with E-state index in [0.29, 0.717) is 12.6 Å². The second-order valence-corrected chi connectivity index (χ2v) is 7.19. The Morgan fingerprint density at radius 1 is 1.23 bits per heavy atom. The van der Waals surface area contributed by atoms with Crippen molar-refractivity contribution in [1.29, 1.82) is 0 Å². The first-order valence-electron chi connectivity index (χ1n) is 8.72. The van der Waals surface area contributed by atoms with Crippen molar-refractivity contribution in [3.8, 4) is 0 Å². The quantitative estimate of drug-likeness (QED) is 0.367. The number of likely N-dealkylation sites (tertiary alicyclic amines) is 1. The van der Waals surface area contributed by atoms with Crippen molar-refractivity contribution in [2.45, 2.75) is 25.4 Å². The van der Waals surface area contributed by atoms with Gasteiger partial charge < -0.3 is 10.6 Å². The third-order valence-electron chi connectivity index (χ3n) is 4.49. The van der Waals surface area contributed by atoms with Gasteiger partial charge in [-0.1, -0.05) is 18.2 Å². The topological polar surface area (TPSA) is 39.7 Å². The van der Waals surface area contributed by atoms with Crippen molar-refractivity contribution in [3.05, 3.63) is 58.0 Å². The maximum atomic E-state index is 13.3. The fourth-order valence-electron chi connectivity index (χ4n) is 3.19. The van der Waals surface area contributed by atoms with Crippen LogP contribution in [0.3, 0.4) is 0 Å². The predicted molar refractivity (Wildman–Crippen MR) is 118 cm³/mol. The van der Waals surface area contributed by atoms with Crippen LogP contribution in [0.1, 0.15) is 29.3 Å². The average molecular weight is 488 g/mol. The Balaban J connectivity index is 0.00000243. The molecule has 1 aromatic carbocycles. The smallest absolute Gasteiger partial charge is 0.191 e. The monoisotopic (exact) mass is 488 g/mol. The Kier molecular flexibility index (Phi) is 8.80. The van der Waals surface area contributed by atoms with E-state index in [1.54, 1.807) is 30.5 Å². The fraction of sp³-hybridized carbons (Fsp3) is 0.421. The molecule has 0 aliphatic carbocycles. The SMILES string of the molecule is CN=C(NCc1cccc(F)c1)NCC(c1cccs1)N1CCCC1.I. The molecule has 0 bridgehead atoms. The number of guanidine groups is 1. The van der Waals surface area contributed by atoms with E-state index in [1.165, 1.54) is 23.8 Å². The van der Waals surface area contributed by atoms with Gasteiger partial charge in [-0.15, -0.1) is 35.3 Å². The van der Waals surface area contributed by atoms with Gasteiger partial charge >= 0.3 is 0 Å². The molecular weight excluding hydrogens is 462 g/mol. The lowest BCUT2D eigenvalue weighted by Gasteiger charge is -2.27. The van der Waals surface area contributed by atoms with E-state index in [9.17, 15) is 4.39 Å². The molecule has 4 nitrogen and oxygen atoms in total. The maximum Gasteiger partial charge on any atom is 0.191 e. The number of halogens is 2. The molecule has 1 aliphatic heterocycles. The summed E-state index contributed by atoms with van der Waals surface area (Å²) in [6.45, 7) is 3.66. The highest BCUT2D eigenvalue weighted by atomic mass is 127. The number of benzene rings is 1. The minimum absolute atomic E-state index is 0. The molecule has 7 heteroatoms. The minimum atomic E-state index is -0.214. The summed E-state index contributed by atoms with van der Waals surface area (Å²) >= 11 is 1.81. The molecule has 1 saturated heterocycles. The number of hydrogen-bond donors (Lipinski definition) is 2. The largest absolute Gasteiger partial charge is 0.354 e. The summed E-state index contributed by atoms with van der Waals surface area (Å²) < 4.78 is 13.3. The summed E-state index contributed by atoms with van der Waals surface area (Å²) in [6, 6.07) is 11.3. The molecule has 0 radical (unpaired) electrons. The second kappa shape index (κ2) is 10.8. The maximum absolute atomic E-state index is 13.3. The average Bonchev–Trinajstić information content (AvgIpc) is 3.32. The van der Waals surface area contributed by atoms with Gasteiger partial charge in [0.05, 0.1) is 6.04 Å². The lowest BCUT2D eigenvalue weighted by Crippen LogP contribution is -2.42. The summed E-state index contributed by atoms with van der Waals surface area (Å²) in [7, 11) is 1.76. The molecule has 1 fully saturated rings. The number of thiophene rings is 1. The third-order valence-corrected chi connectivity index (χ3v) is 5.46. The molecule has 142 valence electrons. The van der Waals surface area contributed by atoms with Crippen molar-refractivity contribution in [2.75, 3.05) is 26.7 Å². The van der Waals surface area contributed by atoms with Crippen LogP contribution in [0.15, 0.2) is 46.8 Å². The van der Waals surface area contributed by atoms with Crippen molar-refractivity contribution < 1.29 is 4.39 Å². The molecule has 1 aliphatic rings. The van der Waals surface area contributed by atoms with Crippen LogP contribution >= 0.6 is 35.3 Å². The number of hydrogen-bond acceptors (Lipinski definition) is 3. The van der Waals surface area contributed by atoms with Crippen LogP contribution in [-0.2, 0) is 6.54 Å². The van der Waals surface area contributed by atoms with Crippen LogP contribution in [0.4, 0.5) is 4.39 Å². The van der Waals surface area contributed by atoms with Gasteiger partial charge in [-0.25, -0.2) is 4.39 Å². The molecule has 0 saturated carbocycles. The number of nitrogens with one attached hydrogen (secondary N) is 2. The van der Waals surface area contributed by atoms with Crippen molar-refractivity contribution in [2.24, 2.45) is 4.99 Å². The Morgan fingerprint density at radius 3 is 2.69 bits per heavy atom. The zero-order valence-corrected chi connectivity index (χ0v) is 18.1. The first-order valence-corrected chi connectivity index (χ1v) is 9.60. The van der Waals surface area contributed by atoms with Gasteiger partial charge in [-0.2, -0.15) is 0 Å². The van der Waals surface area contributed by atoms with Crippen molar-refractivity contribution in [1.82, 2.24) is 15.5 Å². The van der Waals surface area contributed by atoms with E-state index in [1.807, 2.05) is 6.07 Å². The van der Waals surface area contributed by atoms with Gasteiger partial charge in [0.2, 0.25) is 0 Å². The Hall–Kier alpha value is -1.19. The van der Waals surface area contributed by atoms with Crippen molar-refractivity contribution in [3.63, 3.8) is 0 Å². The highest BCUT2D eigenvalue weighted by molar-refractivity contribution is 14.0. The molecule has 1 aromatic heterocycles. The van der Waals surface area contributed by atoms with Crippen LogP contribution in [-0.4, -0.2) is 37.5 Å². The molecule has 2 N–H and O–H groups in total. The number of rotatable bonds is 6. The normalized spacial score (nSPS) is 16.2. The van der Waals surface area contributed by atoms with E-state index in [2.05, 4.69) is 38.0 Å². The number of nitrogens with zero attached hydrogens (tertiary/aromatic N) is 2. The molecule has 1 atom stereocenters. The van der Waals surface area contributed by atoms with Crippen LogP contribution in [0.25, 0.3) is 0 Å². The van der Waals surface area contributed by atoms with E-state index in [-0.39, 0.29) is 29.8 Å². The minimum Gasteiger partial charge on any atom is -0.354 e. The third kappa shape index (κ3) is 5.92. The Morgan fingerprint density at radius 2 is 2.04 bits per heavy atom. The first kappa shape index (κ1) is 21.1. The van der Waals surface area contributed by atoms with Gasteiger partial charge in [0, 0.05) is 25.0 Å². The first-order chi connectivity index (χ1) is 12.3. The Bertz CT molecular complexity index is 687. The van der Waals surface area contributed by atoms with Crippen LogP contribution in [0.5, 0.6) is 0 Å². The van der Waals surface area contributed by atoms with E-state index in [0.717, 1.165) is 31.2 Å². The lowest BCUT2D eigenvalue weighted by molar-refractivity contribution is 0.249. The Labute approximate surface area is 175 Å². The van der Waals surface area contributed by atoms with Crippen LogP contribution < -0.4 is 10.6 Å². The molecular formula is C19H26FIN4S. The molecule has 2 heterocycles. The summed E-state index contributed by atoms with van der Waals surface area (Å²) in [5, 5.41) is 8.83. The highest BCUT2D eigenvalue weighted by Crippen LogP contribution is 2.27. The lowest BCUT2D eigenvalue weighted by atomic mass is 10.2. The summed E-state index contributed by atoms with van der Waals surface area (Å²) in [5.41, 5.74) is 0.900. The predicted octanol–water partition coefficient (Wildman–Crippen LogP) is 4.01. The van der Waals surface area contributed by atoms with E-state index in [4.69, 9.17) is 0 Å². The van der Waals surface area contributed by atoms with E-state index < -0.39 is 0 Å². The zero-order valence-electron chi connectivity index (χ0n) is 15.0. The fourth-order valence-corrected chi connectivity index (χ4v) is 4.05. The summed E-state index contributed by atoms with van der Waals surface area (Å²) in [6.07, 6.45) is 2.54. The van der Waals surface area contributed by atoms with Crippen LogP contribution in [0, 0.1) is 5.82 Å². The van der Waals surface area contributed by atoms with Gasteiger partial charge in [0.25, 0.3) is 0 Å². The number of aliphatic imine (C=N–C) groups is 1. The summed E-state index contributed by atoms with van der Waals surface area (Å²) in [4.78, 5) is 8.22. The molecule has 3 rings (SSSR count). The molecule has 1 unspecified atom stereocenters. The van der Waals surface area contributed by atoms with Gasteiger partial charge in [-0.05, 0) is 55.1 Å². The van der Waals surface area contributed by atoms with Gasteiger partial charge in [0.1, 0.15) is 5.82 Å². The molecule has 0 spiro atoms. The zero-order chi connectivity index (χ0) is 17.5. The molecule has 2 aromatic rings. The second-order valence-electron chi connectivity index (χ2n) is 6.21. The van der Waals surface area contributed by atoms with Crippen molar-refractivity contribution >= 4 is 41.3 Å². The molecule has 26 heavy (non-hydrogen) atoms. The molecule has 0 amide bonds. The highest BCUT2D eigenvalue weighted by Gasteiger charge is 2.24. The standard InChI is InChI=1S/C19H25FN4S.HI/c1-21-19(22-13-15-6-4-7-16(20)12-15)23-14-17(18-8-5-11-25-18)24-9-2-3-10-24;/h4-8,11-12,17H,2-3,9-10,13-14H2,1H3,(H2,21,22,23);1H. The van der Waals surface area contributed by atoms with Crippen LogP contribution in [0.2, 0.25) is 0 Å². The van der Waals surface area contributed by atoms with E-state index >= 15 is 0 Å².